The largest absolute Gasteiger partial charge is 0.386 e. The molecule has 0 amide bonds. The van der Waals surface area contributed by atoms with Gasteiger partial charge in [0.1, 0.15) is 6.10 Å². The van der Waals surface area contributed by atoms with Crippen LogP contribution in [0.15, 0.2) is 0 Å². The van der Waals surface area contributed by atoms with E-state index < -0.39 is 42.1 Å². The van der Waals surface area contributed by atoms with Crippen LogP contribution in [-0.2, 0) is 14.3 Å². The number of carbonyl (C=O) groups is 2. The first kappa shape index (κ1) is 12.3. The predicted molar refractivity (Wildman–Crippen MR) is 48.1 cm³/mol. The van der Waals surface area contributed by atoms with Crippen molar-refractivity contribution in [1.82, 2.24) is 0 Å². The molecule has 0 aromatic heterocycles. The van der Waals surface area contributed by atoms with Gasteiger partial charge >= 0.3 is 0 Å². The molecule has 0 aromatic rings. The Labute approximate surface area is 86.5 Å². The molecule has 1 aliphatic rings. The lowest BCUT2D eigenvalue weighted by atomic mass is 9.78. The minimum atomic E-state index is -2.22. The SMILES string of the molecule is CC(=O)[C@]1(O)COC[C@](O)(C(C)=O)C1O. The average Bonchev–Trinajstić information content (AvgIpc) is 2.13. The Morgan fingerprint density at radius 2 is 1.47 bits per heavy atom. The van der Waals surface area contributed by atoms with Gasteiger partial charge in [-0.2, -0.15) is 0 Å². The van der Waals surface area contributed by atoms with E-state index in [2.05, 4.69) is 0 Å². The summed E-state index contributed by atoms with van der Waals surface area (Å²) in [7, 11) is 0. The molecule has 1 aliphatic heterocycles. The molecule has 1 heterocycles. The number of hydrogen-bond donors (Lipinski definition) is 3. The zero-order valence-electron chi connectivity index (χ0n) is 8.56. The van der Waals surface area contributed by atoms with Gasteiger partial charge in [-0.15, -0.1) is 0 Å². The second-order valence-corrected chi connectivity index (χ2v) is 3.86. The van der Waals surface area contributed by atoms with Crippen LogP contribution in [0.25, 0.3) is 0 Å². The summed E-state index contributed by atoms with van der Waals surface area (Å²) in [5.74, 6) is -1.51. The second-order valence-electron chi connectivity index (χ2n) is 3.86. The Morgan fingerprint density at radius 1 is 1.13 bits per heavy atom. The number of carbonyl (C=O) groups excluding carboxylic acids is 2. The summed E-state index contributed by atoms with van der Waals surface area (Å²) in [6.07, 6.45) is -1.87. The summed E-state index contributed by atoms with van der Waals surface area (Å²) in [5.41, 5.74) is -4.45. The van der Waals surface area contributed by atoms with E-state index in [4.69, 9.17) is 4.74 Å². The molecular weight excluding hydrogens is 204 g/mol. The maximum Gasteiger partial charge on any atom is 0.175 e. The quantitative estimate of drug-likeness (QED) is 0.496. The number of Topliss-reactive ketones (excluding diaryl/α,β-unsaturated/α-hetero) is 2. The zero-order chi connectivity index (χ0) is 11.9. The van der Waals surface area contributed by atoms with E-state index in [1.807, 2.05) is 0 Å². The minimum Gasteiger partial charge on any atom is -0.386 e. The molecular formula is C9H14O6. The molecule has 1 rings (SSSR count). The van der Waals surface area contributed by atoms with Crippen LogP contribution in [-0.4, -0.2) is 57.4 Å². The van der Waals surface area contributed by atoms with E-state index in [-0.39, 0.29) is 0 Å². The van der Waals surface area contributed by atoms with Gasteiger partial charge in [-0.1, -0.05) is 0 Å². The molecule has 0 bridgehead atoms. The van der Waals surface area contributed by atoms with Gasteiger partial charge in [-0.05, 0) is 13.8 Å². The summed E-state index contributed by atoms with van der Waals surface area (Å²) in [6, 6.07) is 0. The number of ketones is 2. The molecule has 0 aliphatic carbocycles. The maximum absolute atomic E-state index is 11.1. The van der Waals surface area contributed by atoms with Crippen LogP contribution in [0.5, 0.6) is 0 Å². The topological polar surface area (TPSA) is 104 Å². The fourth-order valence-electron chi connectivity index (χ4n) is 1.50. The molecule has 0 saturated carbocycles. The Hall–Kier alpha value is -0.820. The van der Waals surface area contributed by atoms with Crippen molar-refractivity contribution in [2.45, 2.75) is 31.2 Å². The van der Waals surface area contributed by atoms with E-state index in [9.17, 15) is 24.9 Å². The molecule has 0 radical (unpaired) electrons. The first-order chi connectivity index (χ1) is 6.75. The third-order valence-electron chi connectivity index (χ3n) is 2.77. The summed E-state index contributed by atoms with van der Waals surface area (Å²) in [5, 5.41) is 29.2. The number of hydrogen-bond acceptors (Lipinski definition) is 6. The standard InChI is InChI=1S/C9H14O6/c1-5(10)8(13)3-15-4-9(14,6(2)11)7(8)12/h7,12-14H,3-4H2,1-2H3/t7?,8-,9+. The Kier molecular flexibility index (Phi) is 2.97. The fraction of sp³-hybridized carbons (Fsp3) is 0.778. The lowest BCUT2D eigenvalue weighted by Crippen LogP contribution is -2.69. The molecule has 1 unspecified atom stereocenters. The van der Waals surface area contributed by atoms with Crippen molar-refractivity contribution in [1.29, 1.82) is 0 Å². The molecule has 6 heteroatoms. The molecule has 0 aromatic carbocycles. The third kappa shape index (κ3) is 1.69. The first-order valence-electron chi connectivity index (χ1n) is 4.48. The highest BCUT2D eigenvalue weighted by Crippen LogP contribution is 2.29. The lowest BCUT2D eigenvalue weighted by molar-refractivity contribution is -0.236. The number of aliphatic hydroxyl groups excluding tert-OH is 1. The van der Waals surface area contributed by atoms with Gasteiger partial charge in [0.25, 0.3) is 0 Å². The summed E-state index contributed by atoms with van der Waals surface area (Å²) in [6.45, 7) is 1.25. The van der Waals surface area contributed by atoms with E-state index in [0.29, 0.717) is 0 Å². The molecule has 6 nitrogen and oxygen atoms in total. The Bertz CT molecular complexity index is 273. The van der Waals surface area contributed by atoms with E-state index in [0.717, 1.165) is 13.8 Å². The molecule has 1 fully saturated rings. The van der Waals surface area contributed by atoms with Gasteiger partial charge in [0.15, 0.2) is 22.8 Å². The lowest BCUT2D eigenvalue weighted by Gasteiger charge is -2.43. The van der Waals surface area contributed by atoms with Gasteiger partial charge in [-0.3, -0.25) is 9.59 Å². The van der Waals surface area contributed by atoms with Crippen molar-refractivity contribution in [3.8, 4) is 0 Å². The van der Waals surface area contributed by atoms with Crippen molar-refractivity contribution < 1.29 is 29.6 Å². The van der Waals surface area contributed by atoms with Crippen molar-refractivity contribution in [2.75, 3.05) is 13.2 Å². The Balaban J connectivity index is 3.09. The van der Waals surface area contributed by atoms with E-state index >= 15 is 0 Å². The van der Waals surface area contributed by atoms with Crippen LogP contribution < -0.4 is 0 Å². The molecule has 86 valence electrons. The minimum absolute atomic E-state index is 0.431. The summed E-state index contributed by atoms with van der Waals surface area (Å²) >= 11 is 0. The van der Waals surface area contributed by atoms with Crippen LogP contribution in [0, 0.1) is 0 Å². The fourth-order valence-corrected chi connectivity index (χ4v) is 1.50. The average molecular weight is 218 g/mol. The highest BCUT2D eigenvalue weighted by molar-refractivity contribution is 5.91. The molecule has 1 saturated heterocycles. The van der Waals surface area contributed by atoms with E-state index in [1.54, 1.807) is 0 Å². The highest BCUT2D eigenvalue weighted by atomic mass is 16.5. The van der Waals surface area contributed by atoms with Crippen molar-refractivity contribution in [3.05, 3.63) is 0 Å². The van der Waals surface area contributed by atoms with Gasteiger partial charge in [-0.25, -0.2) is 0 Å². The number of ether oxygens (including phenoxy) is 1. The van der Waals surface area contributed by atoms with Crippen LogP contribution >= 0.6 is 0 Å². The highest BCUT2D eigenvalue weighted by Gasteiger charge is 2.57. The smallest absolute Gasteiger partial charge is 0.175 e. The predicted octanol–water partition coefficient (Wildman–Crippen LogP) is -1.98. The molecule has 0 spiro atoms. The van der Waals surface area contributed by atoms with Crippen LogP contribution in [0.4, 0.5) is 0 Å². The first-order valence-corrected chi connectivity index (χ1v) is 4.48. The summed E-state index contributed by atoms with van der Waals surface area (Å²) < 4.78 is 4.79. The molecule has 15 heavy (non-hydrogen) atoms. The number of aliphatic hydroxyl groups is 3. The molecule has 3 N–H and O–H groups in total. The van der Waals surface area contributed by atoms with Crippen molar-refractivity contribution in [3.63, 3.8) is 0 Å². The van der Waals surface area contributed by atoms with E-state index in [1.165, 1.54) is 0 Å². The number of rotatable bonds is 2. The Morgan fingerprint density at radius 3 is 1.73 bits per heavy atom. The summed E-state index contributed by atoms with van der Waals surface area (Å²) in [4.78, 5) is 22.3. The van der Waals surface area contributed by atoms with Gasteiger partial charge in [0.05, 0.1) is 13.2 Å². The van der Waals surface area contributed by atoms with Gasteiger partial charge < -0.3 is 20.1 Å². The zero-order valence-corrected chi connectivity index (χ0v) is 8.56. The van der Waals surface area contributed by atoms with Crippen molar-refractivity contribution in [2.24, 2.45) is 0 Å². The molecule has 3 atom stereocenters. The van der Waals surface area contributed by atoms with Crippen LogP contribution in [0.1, 0.15) is 13.8 Å². The monoisotopic (exact) mass is 218 g/mol. The normalized spacial score (nSPS) is 41.3. The van der Waals surface area contributed by atoms with Gasteiger partial charge in [0, 0.05) is 0 Å². The second kappa shape index (κ2) is 3.64. The van der Waals surface area contributed by atoms with Crippen LogP contribution in [0.2, 0.25) is 0 Å². The van der Waals surface area contributed by atoms with Gasteiger partial charge in [0.2, 0.25) is 0 Å². The van der Waals surface area contributed by atoms with Crippen molar-refractivity contribution >= 4 is 11.6 Å². The van der Waals surface area contributed by atoms with Crippen LogP contribution in [0.3, 0.4) is 0 Å². The third-order valence-corrected chi connectivity index (χ3v) is 2.77. The maximum atomic E-state index is 11.1.